The lowest BCUT2D eigenvalue weighted by Gasteiger charge is -2.23. The van der Waals surface area contributed by atoms with E-state index < -0.39 is 30.5 Å². The van der Waals surface area contributed by atoms with Crippen LogP contribution in [0, 0.1) is 5.82 Å². The highest BCUT2D eigenvalue weighted by Crippen LogP contribution is 2.34. The second kappa shape index (κ2) is 10.7. The van der Waals surface area contributed by atoms with Crippen molar-refractivity contribution < 1.29 is 19.4 Å². The van der Waals surface area contributed by atoms with E-state index in [2.05, 4.69) is 20.5 Å². The molecule has 7 nitrogen and oxygen atoms in total. The summed E-state index contributed by atoms with van der Waals surface area (Å²) < 4.78 is 14.9. The van der Waals surface area contributed by atoms with E-state index in [0.717, 1.165) is 31.4 Å². The Balaban J connectivity index is 1.59. The fourth-order valence-electron chi connectivity index (χ4n) is 4.46. The number of pyridine rings is 1. The largest absolute Gasteiger partial charge is 0.394 e. The molecule has 1 aromatic carbocycles. The molecule has 0 unspecified atom stereocenters. The number of aromatic amines is 1. The maximum atomic E-state index is 14.9. The summed E-state index contributed by atoms with van der Waals surface area (Å²) in [6, 6.07) is 10.7. The van der Waals surface area contributed by atoms with Gasteiger partial charge in [0.2, 0.25) is 0 Å². The van der Waals surface area contributed by atoms with Crippen LogP contribution in [0.25, 0.3) is 11.3 Å². The summed E-state index contributed by atoms with van der Waals surface area (Å²) in [5.41, 5.74) is 2.22. The number of aliphatic hydroxyl groups excluding tert-OH is 2. The number of benzene rings is 1. The smallest absolute Gasteiger partial charge is 0.252 e. The van der Waals surface area contributed by atoms with Gasteiger partial charge in [-0.3, -0.25) is 14.9 Å². The highest BCUT2D eigenvalue weighted by atomic mass is 19.1. The number of H-pyrrole nitrogens is 1. The van der Waals surface area contributed by atoms with Gasteiger partial charge in [-0.2, -0.15) is 5.10 Å². The lowest BCUT2D eigenvalue weighted by Crippen LogP contribution is -2.46. The standard InChI is InChI=1S/C25H29FN4O3/c26-19-11-6-10-18(24(19)22-14-20(29-30-22)16-7-2-1-3-8-16)25(33)28-21(23(32)15-31)13-17-9-4-5-12-27-17/h4-6,9-12,14,16,21,23,31-32H,1-3,7-8,13,15H2,(H,28,33)(H,29,30)/t21-,23-/m1/s1. The first-order valence-corrected chi connectivity index (χ1v) is 11.4. The highest BCUT2D eigenvalue weighted by Gasteiger charge is 2.26. The van der Waals surface area contributed by atoms with E-state index in [1.54, 1.807) is 24.4 Å². The first-order valence-electron chi connectivity index (χ1n) is 11.4. The molecule has 3 aromatic rings. The molecule has 1 fully saturated rings. The SMILES string of the molecule is O=C(N[C@H](Cc1ccccn1)[C@H](O)CO)c1cccc(F)c1-c1cc(C2CCCCC2)[nH]n1. The van der Waals surface area contributed by atoms with Crippen LogP contribution in [0.1, 0.15) is 59.8 Å². The molecule has 0 bridgehead atoms. The van der Waals surface area contributed by atoms with Crippen LogP contribution >= 0.6 is 0 Å². The number of aromatic nitrogens is 3. The molecule has 1 amide bonds. The molecule has 0 spiro atoms. The summed E-state index contributed by atoms with van der Waals surface area (Å²) >= 11 is 0. The molecule has 1 aliphatic carbocycles. The number of halogens is 1. The second-order valence-corrected chi connectivity index (χ2v) is 8.56. The lowest BCUT2D eigenvalue weighted by atomic mass is 9.87. The quantitative estimate of drug-likeness (QED) is 0.419. The summed E-state index contributed by atoms with van der Waals surface area (Å²) in [5, 5.41) is 29.9. The fraction of sp³-hybridized carbons (Fsp3) is 0.400. The van der Waals surface area contributed by atoms with Crippen LogP contribution in [0.15, 0.2) is 48.7 Å². The number of carbonyl (C=O) groups is 1. The Morgan fingerprint density at radius 1 is 1.18 bits per heavy atom. The van der Waals surface area contributed by atoms with Gasteiger partial charge in [0, 0.05) is 29.9 Å². The molecule has 0 aliphatic heterocycles. The zero-order valence-corrected chi connectivity index (χ0v) is 18.4. The third-order valence-corrected chi connectivity index (χ3v) is 6.28. The van der Waals surface area contributed by atoms with Gasteiger partial charge in [-0.1, -0.05) is 31.4 Å². The molecule has 0 saturated heterocycles. The minimum atomic E-state index is -1.20. The van der Waals surface area contributed by atoms with Crippen LogP contribution in [0.2, 0.25) is 0 Å². The topological polar surface area (TPSA) is 111 Å². The Hall–Kier alpha value is -3.10. The summed E-state index contributed by atoms with van der Waals surface area (Å²) in [4.78, 5) is 17.4. The first-order chi connectivity index (χ1) is 16.1. The van der Waals surface area contributed by atoms with Crippen LogP contribution in [-0.2, 0) is 6.42 Å². The normalized spacial score (nSPS) is 16.3. The summed E-state index contributed by atoms with van der Waals surface area (Å²) in [6.45, 7) is -0.530. The van der Waals surface area contributed by atoms with Crippen molar-refractivity contribution in [1.82, 2.24) is 20.5 Å². The van der Waals surface area contributed by atoms with Gasteiger partial charge in [0.15, 0.2) is 0 Å². The molecule has 8 heteroatoms. The molecule has 4 rings (SSSR count). The van der Waals surface area contributed by atoms with E-state index in [0.29, 0.717) is 17.3 Å². The maximum Gasteiger partial charge on any atom is 0.252 e. The van der Waals surface area contributed by atoms with Gasteiger partial charge in [0.05, 0.1) is 35.6 Å². The van der Waals surface area contributed by atoms with E-state index in [4.69, 9.17) is 0 Å². The summed E-state index contributed by atoms with van der Waals surface area (Å²) in [6.07, 6.45) is 6.33. The third kappa shape index (κ3) is 5.46. The molecule has 174 valence electrons. The Morgan fingerprint density at radius 3 is 2.73 bits per heavy atom. The second-order valence-electron chi connectivity index (χ2n) is 8.56. The number of nitrogens with zero attached hydrogens (tertiary/aromatic N) is 2. The zero-order chi connectivity index (χ0) is 23.2. The highest BCUT2D eigenvalue weighted by molar-refractivity contribution is 6.00. The zero-order valence-electron chi connectivity index (χ0n) is 18.4. The van der Waals surface area contributed by atoms with Crippen molar-refractivity contribution in [1.29, 1.82) is 0 Å². The Kier molecular flexibility index (Phi) is 7.47. The molecule has 1 aliphatic rings. The lowest BCUT2D eigenvalue weighted by molar-refractivity contribution is 0.0565. The van der Waals surface area contributed by atoms with E-state index in [9.17, 15) is 19.4 Å². The average Bonchev–Trinajstić information content (AvgIpc) is 3.34. The van der Waals surface area contributed by atoms with Gasteiger partial charge in [-0.15, -0.1) is 0 Å². The maximum absolute atomic E-state index is 14.9. The van der Waals surface area contributed by atoms with Crippen LogP contribution in [0.5, 0.6) is 0 Å². The number of amides is 1. The number of carbonyl (C=O) groups excluding carboxylic acids is 1. The van der Waals surface area contributed by atoms with Gasteiger partial charge < -0.3 is 15.5 Å². The van der Waals surface area contributed by atoms with Crippen molar-refractivity contribution in [2.75, 3.05) is 6.61 Å². The van der Waals surface area contributed by atoms with Crippen LogP contribution in [0.4, 0.5) is 4.39 Å². The molecule has 2 heterocycles. The number of nitrogens with one attached hydrogen (secondary N) is 2. The van der Waals surface area contributed by atoms with Gasteiger partial charge in [-0.05, 0) is 43.2 Å². The van der Waals surface area contributed by atoms with Crippen LogP contribution in [0.3, 0.4) is 0 Å². The van der Waals surface area contributed by atoms with E-state index >= 15 is 0 Å². The Bertz CT molecular complexity index is 1070. The number of aliphatic hydroxyl groups is 2. The predicted octanol–water partition coefficient (Wildman–Crippen LogP) is 3.35. The Morgan fingerprint density at radius 2 is 2.00 bits per heavy atom. The molecule has 33 heavy (non-hydrogen) atoms. The predicted molar refractivity (Wildman–Crippen MR) is 122 cm³/mol. The number of hydrogen-bond acceptors (Lipinski definition) is 5. The van der Waals surface area contributed by atoms with Gasteiger partial charge >= 0.3 is 0 Å². The van der Waals surface area contributed by atoms with Crippen molar-refractivity contribution in [3.8, 4) is 11.3 Å². The number of rotatable bonds is 8. The third-order valence-electron chi connectivity index (χ3n) is 6.28. The molecular weight excluding hydrogens is 423 g/mol. The van der Waals surface area contributed by atoms with Gasteiger partial charge in [0.1, 0.15) is 5.82 Å². The van der Waals surface area contributed by atoms with Crippen LogP contribution < -0.4 is 5.32 Å². The molecule has 2 aromatic heterocycles. The van der Waals surface area contributed by atoms with Crippen molar-refractivity contribution in [3.05, 3.63) is 71.4 Å². The van der Waals surface area contributed by atoms with E-state index in [1.165, 1.54) is 24.6 Å². The Labute approximate surface area is 192 Å². The van der Waals surface area contributed by atoms with Crippen LogP contribution in [-0.4, -0.2) is 50.1 Å². The number of hydrogen-bond donors (Lipinski definition) is 4. The van der Waals surface area contributed by atoms with Crippen molar-refractivity contribution in [2.45, 2.75) is 56.6 Å². The average molecular weight is 453 g/mol. The van der Waals surface area contributed by atoms with Gasteiger partial charge in [-0.25, -0.2) is 4.39 Å². The molecule has 2 atom stereocenters. The fourth-order valence-corrected chi connectivity index (χ4v) is 4.46. The van der Waals surface area contributed by atoms with Crippen molar-refractivity contribution >= 4 is 5.91 Å². The molecule has 0 radical (unpaired) electrons. The molecular formula is C25H29FN4O3. The summed E-state index contributed by atoms with van der Waals surface area (Å²) in [7, 11) is 0. The molecule has 4 N–H and O–H groups in total. The van der Waals surface area contributed by atoms with E-state index in [1.807, 2.05) is 6.07 Å². The van der Waals surface area contributed by atoms with Crippen molar-refractivity contribution in [3.63, 3.8) is 0 Å². The monoisotopic (exact) mass is 452 g/mol. The minimum absolute atomic E-state index is 0.114. The minimum Gasteiger partial charge on any atom is -0.394 e. The van der Waals surface area contributed by atoms with Gasteiger partial charge in [0.25, 0.3) is 5.91 Å². The summed E-state index contributed by atoms with van der Waals surface area (Å²) in [5.74, 6) is -0.736. The van der Waals surface area contributed by atoms with E-state index in [-0.39, 0.29) is 17.5 Å². The first kappa shape index (κ1) is 23.1. The molecule has 1 saturated carbocycles. The van der Waals surface area contributed by atoms with Crippen molar-refractivity contribution in [2.24, 2.45) is 0 Å².